The van der Waals surface area contributed by atoms with E-state index in [1.165, 1.54) is 0 Å². The van der Waals surface area contributed by atoms with Crippen LogP contribution in [0.15, 0.2) is 0 Å². The Balaban J connectivity index is -0.00000220. The Morgan fingerprint density at radius 3 is 1.31 bits per heavy atom. The molecule has 0 amide bonds. The Hall–Kier alpha value is 2.52. The first-order valence-electron chi connectivity index (χ1n) is 6.48. The average Bonchev–Trinajstić information content (AvgIpc) is 2.23. The van der Waals surface area contributed by atoms with Gasteiger partial charge >= 0.3 is 59.1 Å². The third-order valence-corrected chi connectivity index (χ3v) is 2.62. The van der Waals surface area contributed by atoms with Gasteiger partial charge < -0.3 is 9.11 Å². The molecule has 0 saturated heterocycles. The van der Waals surface area contributed by atoms with E-state index in [0.29, 0.717) is 0 Å². The monoisotopic (exact) mass is 334 g/mol. The van der Waals surface area contributed by atoms with Gasteiger partial charge in [0.2, 0.25) is 0 Å². The molecule has 0 aromatic carbocycles. The Bertz CT molecular complexity index is 579. The van der Waals surface area contributed by atoms with Crippen molar-refractivity contribution in [3.8, 4) is 0 Å². The zero-order chi connectivity index (χ0) is 18.4. The summed E-state index contributed by atoms with van der Waals surface area (Å²) in [5, 5.41) is 0. The van der Waals surface area contributed by atoms with E-state index in [4.69, 9.17) is 11.0 Å². The van der Waals surface area contributed by atoms with Gasteiger partial charge in [-0.15, -0.1) is 0 Å². The largest absolute Gasteiger partial charge is 1.00 e. The average molecular weight is 334 g/mol. The van der Waals surface area contributed by atoms with E-state index in [1.807, 2.05) is 0 Å². The molecule has 16 heavy (non-hydrogen) atoms. The fourth-order valence-electron chi connectivity index (χ4n) is 0.178. The van der Waals surface area contributed by atoms with Crippen molar-refractivity contribution >= 4 is 41.8 Å². The summed E-state index contributed by atoms with van der Waals surface area (Å²) >= 11 is 0. The smallest absolute Gasteiger partial charge is 0.748 e. The minimum atomic E-state index is -5.81. The summed E-state index contributed by atoms with van der Waals surface area (Å²) in [6, 6.07) is 0. The molecule has 86 valence electrons. The SMILES string of the molecule is [2H]C([2H])(SSC([2H])([2H])C([2H])([2H])S(=O)(=O)[O-])C([2H])([2H])S(=O)(=O)[O-].[Na+].[Na+]. The van der Waals surface area contributed by atoms with Crippen LogP contribution < -0.4 is 59.1 Å². The van der Waals surface area contributed by atoms with Crippen LogP contribution in [0, 0.1) is 0 Å². The molecule has 12 heteroatoms. The van der Waals surface area contributed by atoms with Gasteiger partial charge in [0.15, 0.2) is 0 Å². The maximum Gasteiger partial charge on any atom is 1.00 e. The third kappa shape index (κ3) is 21.8. The van der Waals surface area contributed by atoms with Crippen molar-refractivity contribution in [2.45, 2.75) is 0 Å². The van der Waals surface area contributed by atoms with E-state index < -0.39 is 64.6 Å². The molecule has 0 atom stereocenters. The van der Waals surface area contributed by atoms with Crippen LogP contribution in [0.4, 0.5) is 0 Å². The van der Waals surface area contributed by atoms with Gasteiger partial charge in [0.25, 0.3) is 0 Å². The summed E-state index contributed by atoms with van der Waals surface area (Å²) in [5.74, 6) is 0. The molecule has 0 saturated carbocycles. The number of hydrogen-bond acceptors (Lipinski definition) is 8. The molecular formula is C4H8Na2O6S4. The molecule has 0 aliphatic heterocycles. The zero-order valence-electron chi connectivity index (χ0n) is 16.1. The van der Waals surface area contributed by atoms with E-state index >= 15 is 0 Å². The predicted molar refractivity (Wildman–Crippen MR) is 54.0 cm³/mol. The van der Waals surface area contributed by atoms with Crippen LogP contribution in [-0.4, -0.2) is 48.8 Å². The van der Waals surface area contributed by atoms with Gasteiger partial charge in [-0.2, -0.15) is 0 Å². The normalized spacial score (nSPS) is 22.4. The summed E-state index contributed by atoms with van der Waals surface area (Å²) in [7, 11) is -12.7. The van der Waals surface area contributed by atoms with Crippen molar-refractivity contribution in [3.05, 3.63) is 0 Å². The van der Waals surface area contributed by atoms with Crippen LogP contribution in [-0.2, 0) is 20.2 Å². The van der Waals surface area contributed by atoms with Crippen molar-refractivity contribution in [3.63, 3.8) is 0 Å². The fourth-order valence-corrected chi connectivity index (χ4v) is 2.21. The number of rotatable bonds is 7. The molecule has 0 spiro atoms. The van der Waals surface area contributed by atoms with Crippen LogP contribution in [0.3, 0.4) is 0 Å². The zero-order valence-corrected chi connectivity index (χ0v) is 15.3. The molecule has 0 aliphatic carbocycles. The summed E-state index contributed by atoms with van der Waals surface area (Å²) < 4.78 is 120. The molecule has 0 radical (unpaired) electrons. The Morgan fingerprint density at radius 2 is 1.12 bits per heavy atom. The summed E-state index contributed by atoms with van der Waals surface area (Å²) in [4.78, 5) is 0. The molecule has 0 heterocycles. The molecule has 0 fully saturated rings. The molecule has 0 rings (SSSR count). The second-order valence-corrected chi connectivity index (χ2v) is 5.45. The first-order valence-corrected chi connectivity index (χ1v) is 7.45. The van der Waals surface area contributed by atoms with E-state index in [-0.39, 0.29) is 59.1 Å². The molecule has 6 nitrogen and oxygen atoms in total. The number of hydrogen-bond donors (Lipinski definition) is 0. The quantitative estimate of drug-likeness (QED) is 0.256. The third-order valence-electron chi connectivity index (χ3n) is 0.458. The van der Waals surface area contributed by atoms with Gasteiger partial charge in [0.1, 0.15) is 0 Å². The first-order chi connectivity index (χ1) is 9.21. The van der Waals surface area contributed by atoms with Gasteiger partial charge in [-0.1, -0.05) is 21.6 Å². The van der Waals surface area contributed by atoms with Gasteiger partial charge in [-0.05, 0) is 0 Å². The van der Waals surface area contributed by atoms with Gasteiger partial charge in [-0.3, -0.25) is 0 Å². The van der Waals surface area contributed by atoms with Crippen LogP contribution in [0.1, 0.15) is 11.0 Å². The van der Waals surface area contributed by atoms with Crippen LogP contribution in [0.5, 0.6) is 0 Å². The molecule has 0 N–H and O–H groups in total. The van der Waals surface area contributed by atoms with Crippen molar-refractivity contribution < 1.29 is 96.0 Å². The standard InChI is InChI=1S/C4H10O6S4.2Na/c5-13(6,7)3-1-11-12-2-4-14(8,9)10;;/h1-4H2,(H,5,6,7)(H,8,9,10);;/q;2*+1/p-2/i1D2,2D2,3D2,4D2;;. The van der Waals surface area contributed by atoms with Gasteiger partial charge in [0, 0.05) is 33.8 Å². The molecule has 0 aliphatic rings. The Morgan fingerprint density at radius 1 is 0.875 bits per heavy atom. The minimum Gasteiger partial charge on any atom is -0.748 e. The molecule has 0 unspecified atom stereocenters. The van der Waals surface area contributed by atoms with E-state index in [9.17, 15) is 25.9 Å². The van der Waals surface area contributed by atoms with E-state index in [2.05, 4.69) is 0 Å². The van der Waals surface area contributed by atoms with Crippen molar-refractivity contribution in [1.29, 1.82) is 0 Å². The maximum atomic E-state index is 10.7. The Kier molecular flexibility index (Phi) is 7.29. The van der Waals surface area contributed by atoms with Gasteiger partial charge in [-0.25, -0.2) is 16.8 Å². The van der Waals surface area contributed by atoms with Crippen molar-refractivity contribution in [2.75, 3.05) is 22.8 Å². The van der Waals surface area contributed by atoms with Gasteiger partial charge in [0.05, 0.1) is 20.2 Å². The second-order valence-electron chi connectivity index (χ2n) is 1.48. The molecule has 0 aromatic rings. The van der Waals surface area contributed by atoms with Crippen LogP contribution in [0.25, 0.3) is 0 Å². The molecule has 0 bridgehead atoms. The maximum absolute atomic E-state index is 10.7. The second kappa shape index (κ2) is 11.4. The molecule has 0 aromatic heterocycles. The first kappa shape index (κ1) is 10.3. The van der Waals surface area contributed by atoms with E-state index in [0.717, 1.165) is 0 Å². The fraction of sp³-hybridized carbons (Fsp3) is 1.00. The predicted octanol–water partition coefficient (Wildman–Crippen LogP) is -6.53. The topological polar surface area (TPSA) is 114 Å². The van der Waals surface area contributed by atoms with Crippen molar-refractivity contribution in [1.82, 2.24) is 0 Å². The van der Waals surface area contributed by atoms with E-state index in [1.54, 1.807) is 0 Å². The Labute approximate surface area is 159 Å². The minimum absolute atomic E-state index is 0. The molecular weight excluding hydrogens is 318 g/mol. The summed E-state index contributed by atoms with van der Waals surface area (Å²) in [6.45, 7) is 0. The van der Waals surface area contributed by atoms with Crippen LogP contribution in [0.2, 0.25) is 0 Å². The van der Waals surface area contributed by atoms with Crippen LogP contribution >= 0.6 is 21.6 Å². The van der Waals surface area contributed by atoms with Crippen molar-refractivity contribution in [2.24, 2.45) is 0 Å². The summed E-state index contributed by atoms with van der Waals surface area (Å²) in [5.41, 5.74) is -15.2. The summed E-state index contributed by atoms with van der Waals surface area (Å²) in [6.07, 6.45) is 0.